The number of rotatable bonds is 2. The second-order valence-corrected chi connectivity index (χ2v) is 7.29. The monoisotopic (exact) mass is 339 g/mol. The van der Waals surface area contributed by atoms with Crippen LogP contribution < -0.4 is 5.32 Å². The van der Waals surface area contributed by atoms with Crippen LogP contribution in [0.25, 0.3) is 0 Å². The lowest BCUT2D eigenvalue weighted by atomic mass is 9.71. The Bertz CT molecular complexity index is 654. The number of carbonyl (C=O) groups excluding carboxylic acids is 2. The molecule has 132 valence electrons. The third-order valence-corrected chi connectivity index (χ3v) is 4.18. The van der Waals surface area contributed by atoms with Gasteiger partial charge in [0.05, 0.1) is 0 Å². The highest BCUT2D eigenvalue weighted by Crippen LogP contribution is 2.39. The molecule has 1 N–H and O–H groups in total. The first-order chi connectivity index (χ1) is 11.1. The Hall–Kier alpha value is -1.98. The number of nitrogens with one attached hydrogen (secondary N) is 1. The van der Waals surface area contributed by atoms with Crippen molar-refractivity contribution in [2.24, 2.45) is 5.92 Å². The standard InChI is InChI=1S/C18H23F2NO3/c1-11-7-6-10-18(15(11)22,21-16(23)24-17(2,3)4)12-8-5-9-13(19)14(12)20/h5,8-9,11H,6-7,10H2,1-4H3,(H,21,23)/t11?,18-/m1/s1. The SMILES string of the molecule is CC1CCC[C@@](NC(=O)OC(C)(C)C)(c2cccc(F)c2F)C1=O. The summed E-state index contributed by atoms with van der Waals surface area (Å²) in [6.45, 7) is 6.79. The molecule has 24 heavy (non-hydrogen) atoms. The van der Waals surface area contributed by atoms with Crippen LogP contribution in [0.5, 0.6) is 0 Å². The highest BCUT2D eigenvalue weighted by Gasteiger charge is 2.48. The highest BCUT2D eigenvalue weighted by atomic mass is 19.2. The Balaban J connectivity index is 2.48. The number of ether oxygens (including phenoxy) is 1. The molecule has 0 radical (unpaired) electrons. The number of halogens is 2. The Kier molecular flexibility index (Phi) is 4.97. The normalized spacial score (nSPS) is 24.6. The number of hydrogen-bond donors (Lipinski definition) is 1. The molecule has 0 spiro atoms. The van der Waals surface area contributed by atoms with Crippen LogP contribution in [0.3, 0.4) is 0 Å². The topological polar surface area (TPSA) is 55.4 Å². The van der Waals surface area contributed by atoms with E-state index in [1.54, 1.807) is 27.7 Å². The van der Waals surface area contributed by atoms with Crippen LogP contribution in [0.15, 0.2) is 18.2 Å². The molecule has 6 heteroatoms. The number of ketones is 1. The Morgan fingerprint density at radius 2 is 2.00 bits per heavy atom. The van der Waals surface area contributed by atoms with E-state index in [2.05, 4.69) is 5.32 Å². The largest absolute Gasteiger partial charge is 0.444 e. The van der Waals surface area contributed by atoms with Gasteiger partial charge in [-0.25, -0.2) is 13.6 Å². The minimum absolute atomic E-state index is 0.148. The van der Waals surface area contributed by atoms with Gasteiger partial charge < -0.3 is 10.1 Å². The first-order valence-electron chi connectivity index (χ1n) is 8.07. The second-order valence-electron chi connectivity index (χ2n) is 7.29. The van der Waals surface area contributed by atoms with Gasteiger partial charge in [0, 0.05) is 11.5 Å². The van der Waals surface area contributed by atoms with E-state index in [1.165, 1.54) is 12.1 Å². The summed E-state index contributed by atoms with van der Waals surface area (Å²) in [6.07, 6.45) is 0.635. The van der Waals surface area contributed by atoms with Crippen molar-refractivity contribution in [1.29, 1.82) is 0 Å². The maximum atomic E-state index is 14.4. The van der Waals surface area contributed by atoms with E-state index in [1.807, 2.05) is 0 Å². The summed E-state index contributed by atoms with van der Waals surface area (Å²) in [5, 5.41) is 2.54. The van der Waals surface area contributed by atoms with Crippen LogP contribution in [-0.4, -0.2) is 17.5 Å². The van der Waals surface area contributed by atoms with Crippen LogP contribution in [0.4, 0.5) is 13.6 Å². The summed E-state index contributed by atoms with van der Waals surface area (Å²) >= 11 is 0. The summed E-state index contributed by atoms with van der Waals surface area (Å²) in [5.74, 6) is -2.86. The molecule has 1 aromatic carbocycles. The van der Waals surface area contributed by atoms with E-state index in [4.69, 9.17) is 4.74 Å². The molecule has 2 rings (SSSR count). The van der Waals surface area contributed by atoms with E-state index in [-0.39, 0.29) is 23.7 Å². The maximum absolute atomic E-state index is 14.4. The lowest BCUT2D eigenvalue weighted by molar-refractivity contribution is -0.132. The van der Waals surface area contributed by atoms with Crippen molar-refractivity contribution in [2.45, 2.75) is 58.1 Å². The van der Waals surface area contributed by atoms with Crippen molar-refractivity contribution in [1.82, 2.24) is 5.32 Å². The predicted octanol–water partition coefficient (Wildman–Crippen LogP) is 4.07. The van der Waals surface area contributed by atoms with Crippen LogP contribution in [-0.2, 0) is 15.1 Å². The number of alkyl carbamates (subject to hydrolysis) is 1. The molecule has 4 nitrogen and oxygen atoms in total. The predicted molar refractivity (Wildman–Crippen MR) is 85.4 cm³/mol. The average molecular weight is 339 g/mol. The van der Waals surface area contributed by atoms with Crippen molar-refractivity contribution >= 4 is 11.9 Å². The van der Waals surface area contributed by atoms with Gasteiger partial charge in [-0.05, 0) is 46.1 Å². The van der Waals surface area contributed by atoms with Crippen LogP contribution in [0.2, 0.25) is 0 Å². The minimum atomic E-state index is -1.60. The van der Waals surface area contributed by atoms with Gasteiger partial charge in [0.2, 0.25) is 0 Å². The van der Waals surface area contributed by atoms with E-state index >= 15 is 0 Å². The lowest BCUT2D eigenvalue weighted by Crippen LogP contribution is -2.56. The number of benzene rings is 1. The van der Waals surface area contributed by atoms with E-state index in [0.717, 1.165) is 6.07 Å². The molecule has 1 aromatic rings. The molecule has 1 fully saturated rings. The fourth-order valence-corrected chi connectivity index (χ4v) is 3.12. The van der Waals surface area contributed by atoms with Crippen molar-refractivity contribution in [3.63, 3.8) is 0 Å². The van der Waals surface area contributed by atoms with Gasteiger partial charge in [0.15, 0.2) is 17.4 Å². The molecule has 2 atom stereocenters. The van der Waals surface area contributed by atoms with Crippen LogP contribution >= 0.6 is 0 Å². The molecule has 1 aliphatic carbocycles. The van der Waals surface area contributed by atoms with Crippen molar-refractivity contribution < 1.29 is 23.1 Å². The van der Waals surface area contributed by atoms with Crippen molar-refractivity contribution in [3.8, 4) is 0 Å². The second kappa shape index (κ2) is 6.49. The van der Waals surface area contributed by atoms with Crippen LogP contribution in [0.1, 0.15) is 52.5 Å². The molecule has 0 aromatic heterocycles. The number of amides is 1. The Labute approximate surface area is 140 Å². The minimum Gasteiger partial charge on any atom is -0.444 e. The molecule has 1 unspecified atom stereocenters. The van der Waals surface area contributed by atoms with Gasteiger partial charge in [-0.1, -0.05) is 19.1 Å². The van der Waals surface area contributed by atoms with Gasteiger partial charge >= 0.3 is 6.09 Å². The summed E-state index contributed by atoms with van der Waals surface area (Å²) in [7, 11) is 0. The first kappa shape index (κ1) is 18.4. The molecule has 0 bridgehead atoms. The fourth-order valence-electron chi connectivity index (χ4n) is 3.12. The van der Waals surface area contributed by atoms with Gasteiger partial charge in [0.1, 0.15) is 11.1 Å². The summed E-state index contributed by atoms with van der Waals surface area (Å²) in [4.78, 5) is 25.1. The third-order valence-electron chi connectivity index (χ3n) is 4.18. The zero-order valence-corrected chi connectivity index (χ0v) is 14.4. The van der Waals surface area contributed by atoms with Crippen LogP contribution in [0, 0.1) is 17.6 Å². The lowest BCUT2D eigenvalue weighted by Gasteiger charge is -2.39. The van der Waals surface area contributed by atoms with Crippen molar-refractivity contribution in [3.05, 3.63) is 35.4 Å². The van der Waals surface area contributed by atoms with E-state index in [0.29, 0.717) is 12.8 Å². The number of hydrogen-bond acceptors (Lipinski definition) is 3. The molecular weight excluding hydrogens is 316 g/mol. The average Bonchev–Trinajstić information content (AvgIpc) is 2.45. The molecule has 0 heterocycles. The van der Waals surface area contributed by atoms with E-state index in [9.17, 15) is 18.4 Å². The summed E-state index contributed by atoms with van der Waals surface area (Å²) in [5.41, 5.74) is -2.52. The fraction of sp³-hybridized carbons (Fsp3) is 0.556. The molecule has 0 aliphatic heterocycles. The Morgan fingerprint density at radius 1 is 1.33 bits per heavy atom. The van der Waals surface area contributed by atoms with Gasteiger partial charge in [-0.3, -0.25) is 4.79 Å². The molecule has 0 saturated heterocycles. The number of Topliss-reactive ketones (excluding diaryl/α,β-unsaturated/α-hetero) is 1. The smallest absolute Gasteiger partial charge is 0.408 e. The Morgan fingerprint density at radius 3 is 2.62 bits per heavy atom. The molecule has 1 aliphatic rings. The van der Waals surface area contributed by atoms with Gasteiger partial charge in [-0.15, -0.1) is 0 Å². The van der Waals surface area contributed by atoms with Crippen molar-refractivity contribution in [2.75, 3.05) is 0 Å². The maximum Gasteiger partial charge on any atom is 0.408 e. The van der Waals surface area contributed by atoms with Gasteiger partial charge in [0.25, 0.3) is 0 Å². The zero-order chi connectivity index (χ0) is 18.1. The molecule has 1 saturated carbocycles. The third kappa shape index (κ3) is 3.57. The number of carbonyl (C=O) groups is 2. The molecule has 1 amide bonds. The summed E-state index contributed by atoms with van der Waals surface area (Å²) in [6, 6.07) is 3.65. The molecular formula is C18H23F2NO3. The quantitative estimate of drug-likeness (QED) is 0.883. The van der Waals surface area contributed by atoms with E-state index < -0.39 is 28.9 Å². The first-order valence-corrected chi connectivity index (χ1v) is 8.07. The van der Waals surface area contributed by atoms with Gasteiger partial charge in [-0.2, -0.15) is 0 Å². The highest BCUT2D eigenvalue weighted by molar-refractivity contribution is 5.95. The zero-order valence-electron chi connectivity index (χ0n) is 14.4. The summed E-state index contributed by atoms with van der Waals surface area (Å²) < 4.78 is 33.3.